The van der Waals surface area contributed by atoms with Crippen LogP contribution in [0.2, 0.25) is 0 Å². The molecule has 16 heavy (non-hydrogen) atoms. The molecule has 0 saturated heterocycles. The average molecular weight is 311 g/mol. The number of hydrogen-bond donors (Lipinski definition) is 2. The van der Waals surface area contributed by atoms with Gasteiger partial charge in [-0.25, -0.2) is 12.8 Å². The van der Waals surface area contributed by atoms with Crippen molar-refractivity contribution in [1.29, 1.82) is 0 Å². The number of hydrogen-bond acceptors (Lipinski definition) is 4. The second-order valence-electron chi connectivity index (χ2n) is 3.48. The Balaban J connectivity index is 3.08. The standard InChI is InChI=1S/C9H12BrFN2O2S/c1-16(14,15)5-9(13-12)7-4-6(10)2-3-8(7)11/h2-4,9,13H,5,12H2,1H3. The average Bonchev–Trinajstić information content (AvgIpc) is 2.17. The predicted molar refractivity (Wildman–Crippen MR) is 63.9 cm³/mol. The summed E-state index contributed by atoms with van der Waals surface area (Å²) in [6.07, 6.45) is 1.08. The molecule has 1 aromatic rings. The van der Waals surface area contributed by atoms with Gasteiger partial charge in [0, 0.05) is 16.3 Å². The smallest absolute Gasteiger partial charge is 0.149 e. The van der Waals surface area contributed by atoms with E-state index in [1.807, 2.05) is 0 Å². The summed E-state index contributed by atoms with van der Waals surface area (Å²) in [5.74, 6) is 4.49. The molecule has 0 spiro atoms. The topological polar surface area (TPSA) is 72.2 Å². The molecule has 0 saturated carbocycles. The Morgan fingerprint density at radius 2 is 2.19 bits per heavy atom. The molecule has 1 aromatic carbocycles. The molecule has 0 fully saturated rings. The molecule has 7 heteroatoms. The van der Waals surface area contributed by atoms with Crippen molar-refractivity contribution in [2.45, 2.75) is 6.04 Å². The fraction of sp³-hybridized carbons (Fsp3) is 0.333. The van der Waals surface area contributed by atoms with Crippen LogP contribution in [0.5, 0.6) is 0 Å². The second kappa shape index (κ2) is 5.22. The highest BCUT2D eigenvalue weighted by atomic mass is 79.9. The van der Waals surface area contributed by atoms with Gasteiger partial charge in [-0.05, 0) is 18.2 Å². The summed E-state index contributed by atoms with van der Waals surface area (Å²) < 4.78 is 36.4. The van der Waals surface area contributed by atoms with Crippen molar-refractivity contribution in [1.82, 2.24) is 5.43 Å². The Bertz CT molecular complexity index is 478. The van der Waals surface area contributed by atoms with Crippen LogP contribution in [0.1, 0.15) is 11.6 Å². The van der Waals surface area contributed by atoms with Crippen molar-refractivity contribution in [3.63, 3.8) is 0 Å². The van der Waals surface area contributed by atoms with Crippen LogP contribution in [0.4, 0.5) is 4.39 Å². The maximum Gasteiger partial charge on any atom is 0.149 e. The summed E-state index contributed by atoms with van der Waals surface area (Å²) in [5, 5.41) is 0. The van der Waals surface area contributed by atoms with Crippen molar-refractivity contribution in [2.24, 2.45) is 5.84 Å². The van der Waals surface area contributed by atoms with Crippen molar-refractivity contribution in [3.8, 4) is 0 Å². The van der Waals surface area contributed by atoms with Crippen LogP contribution < -0.4 is 11.3 Å². The van der Waals surface area contributed by atoms with E-state index in [4.69, 9.17) is 5.84 Å². The summed E-state index contributed by atoms with van der Waals surface area (Å²) in [4.78, 5) is 0. The van der Waals surface area contributed by atoms with E-state index in [-0.39, 0.29) is 11.3 Å². The molecule has 1 rings (SSSR count). The van der Waals surface area contributed by atoms with Gasteiger partial charge >= 0.3 is 0 Å². The fourth-order valence-electron chi connectivity index (χ4n) is 1.31. The minimum Gasteiger partial charge on any atom is -0.271 e. The van der Waals surface area contributed by atoms with Crippen LogP contribution in [-0.2, 0) is 9.84 Å². The largest absolute Gasteiger partial charge is 0.271 e. The highest BCUT2D eigenvalue weighted by molar-refractivity contribution is 9.10. The predicted octanol–water partition coefficient (Wildman–Crippen LogP) is 1.14. The number of halogens is 2. The highest BCUT2D eigenvalue weighted by Crippen LogP contribution is 2.22. The first-order valence-corrected chi connectivity index (χ1v) is 7.27. The molecule has 0 aliphatic carbocycles. The van der Waals surface area contributed by atoms with Gasteiger partial charge in [0.2, 0.25) is 0 Å². The Kier molecular flexibility index (Phi) is 4.43. The van der Waals surface area contributed by atoms with Crippen molar-refractivity contribution in [2.75, 3.05) is 12.0 Å². The van der Waals surface area contributed by atoms with Gasteiger partial charge in [-0.3, -0.25) is 11.3 Å². The van der Waals surface area contributed by atoms with E-state index in [1.165, 1.54) is 18.2 Å². The van der Waals surface area contributed by atoms with Crippen LogP contribution in [0, 0.1) is 5.82 Å². The highest BCUT2D eigenvalue weighted by Gasteiger charge is 2.19. The molecule has 0 heterocycles. The first kappa shape index (κ1) is 13.6. The third kappa shape index (κ3) is 3.82. The Labute approximate surface area is 102 Å². The maximum atomic E-state index is 13.5. The lowest BCUT2D eigenvalue weighted by Gasteiger charge is -2.16. The number of sulfone groups is 1. The second-order valence-corrected chi connectivity index (χ2v) is 6.58. The van der Waals surface area contributed by atoms with Gasteiger partial charge in [-0.15, -0.1) is 0 Å². The molecule has 0 aromatic heterocycles. The Morgan fingerprint density at radius 1 is 1.56 bits per heavy atom. The molecule has 0 aliphatic heterocycles. The number of nitrogens with one attached hydrogen (secondary N) is 1. The first-order chi connectivity index (χ1) is 7.33. The fourth-order valence-corrected chi connectivity index (χ4v) is 2.57. The zero-order valence-electron chi connectivity index (χ0n) is 8.57. The SMILES string of the molecule is CS(=O)(=O)CC(NN)c1cc(Br)ccc1F. The van der Waals surface area contributed by atoms with Gasteiger partial charge in [0.05, 0.1) is 11.8 Å². The van der Waals surface area contributed by atoms with Crippen molar-refractivity contribution >= 4 is 25.8 Å². The molecule has 1 atom stereocenters. The van der Waals surface area contributed by atoms with Crippen LogP contribution in [0.15, 0.2) is 22.7 Å². The van der Waals surface area contributed by atoms with Crippen LogP contribution in [0.3, 0.4) is 0 Å². The summed E-state index contributed by atoms with van der Waals surface area (Å²) in [6, 6.07) is 3.54. The molecule has 0 bridgehead atoms. The van der Waals surface area contributed by atoms with Gasteiger partial charge in [-0.1, -0.05) is 15.9 Å². The summed E-state index contributed by atoms with van der Waals surface area (Å²) in [6.45, 7) is 0. The quantitative estimate of drug-likeness (QED) is 0.646. The van der Waals surface area contributed by atoms with Crippen molar-refractivity contribution < 1.29 is 12.8 Å². The minimum absolute atomic E-state index is 0.224. The van der Waals surface area contributed by atoms with E-state index < -0.39 is 21.7 Å². The first-order valence-electron chi connectivity index (χ1n) is 4.42. The van der Waals surface area contributed by atoms with Crippen LogP contribution >= 0.6 is 15.9 Å². The lowest BCUT2D eigenvalue weighted by Crippen LogP contribution is -2.33. The number of rotatable bonds is 4. The van der Waals surface area contributed by atoms with Gasteiger partial charge < -0.3 is 0 Å². The van der Waals surface area contributed by atoms with Crippen LogP contribution in [-0.4, -0.2) is 20.4 Å². The third-order valence-corrected chi connectivity index (χ3v) is 3.44. The molecule has 4 nitrogen and oxygen atoms in total. The zero-order chi connectivity index (χ0) is 12.3. The zero-order valence-corrected chi connectivity index (χ0v) is 11.0. The van der Waals surface area contributed by atoms with Crippen molar-refractivity contribution in [3.05, 3.63) is 34.1 Å². The van der Waals surface area contributed by atoms with Gasteiger partial charge in [0.1, 0.15) is 15.7 Å². The normalized spacial score (nSPS) is 13.8. The monoisotopic (exact) mass is 310 g/mol. The van der Waals surface area contributed by atoms with E-state index in [9.17, 15) is 12.8 Å². The number of benzene rings is 1. The molecule has 90 valence electrons. The van der Waals surface area contributed by atoms with E-state index in [1.54, 1.807) is 0 Å². The third-order valence-electron chi connectivity index (χ3n) is 2.00. The summed E-state index contributed by atoms with van der Waals surface area (Å²) in [5.41, 5.74) is 2.53. The molecule has 3 N–H and O–H groups in total. The van der Waals surface area contributed by atoms with Crippen LogP contribution in [0.25, 0.3) is 0 Å². The van der Waals surface area contributed by atoms with E-state index >= 15 is 0 Å². The lowest BCUT2D eigenvalue weighted by atomic mass is 10.1. The number of nitrogens with two attached hydrogens (primary N) is 1. The van der Waals surface area contributed by atoms with Gasteiger partial charge in [0.15, 0.2) is 0 Å². The lowest BCUT2D eigenvalue weighted by molar-refractivity contribution is 0.531. The van der Waals surface area contributed by atoms with E-state index in [0.29, 0.717) is 4.47 Å². The molecular formula is C9H12BrFN2O2S. The molecule has 0 aliphatic rings. The molecule has 0 radical (unpaired) electrons. The van der Waals surface area contributed by atoms with Gasteiger partial charge in [-0.2, -0.15) is 0 Å². The maximum absolute atomic E-state index is 13.5. The number of hydrazine groups is 1. The molecule has 0 amide bonds. The van der Waals surface area contributed by atoms with Gasteiger partial charge in [0.25, 0.3) is 0 Å². The Hall–Kier alpha value is -0.500. The minimum atomic E-state index is -3.24. The summed E-state index contributed by atoms with van der Waals surface area (Å²) in [7, 11) is -3.24. The Morgan fingerprint density at radius 3 is 2.69 bits per heavy atom. The summed E-state index contributed by atoms with van der Waals surface area (Å²) >= 11 is 3.19. The van der Waals surface area contributed by atoms with E-state index in [2.05, 4.69) is 21.4 Å². The molecule has 1 unspecified atom stereocenters. The molecular weight excluding hydrogens is 299 g/mol. The van der Waals surface area contributed by atoms with E-state index in [0.717, 1.165) is 6.26 Å².